The van der Waals surface area contributed by atoms with Gasteiger partial charge in [0.2, 0.25) is 0 Å². The van der Waals surface area contributed by atoms with Crippen LogP contribution in [0.3, 0.4) is 0 Å². The van der Waals surface area contributed by atoms with Gasteiger partial charge in [0.15, 0.2) is 0 Å². The molecule has 0 bridgehead atoms. The second-order valence-electron chi connectivity index (χ2n) is 4.87. The van der Waals surface area contributed by atoms with Crippen LogP contribution >= 0.6 is 11.6 Å². The quantitative estimate of drug-likeness (QED) is 0.441. The van der Waals surface area contributed by atoms with Gasteiger partial charge < -0.3 is 15.5 Å². The highest BCUT2D eigenvalue weighted by Crippen LogP contribution is 2.28. The van der Waals surface area contributed by atoms with Gasteiger partial charge in [-0.05, 0) is 36.8 Å². The molecule has 1 amide bonds. The Kier molecular flexibility index (Phi) is 4.70. The molecule has 0 aliphatic carbocycles. The van der Waals surface area contributed by atoms with Crippen LogP contribution < -0.4 is 5.32 Å². The number of carbonyl (C=O) groups excluding carboxylic acids is 1. The lowest BCUT2D eigenvalue weighted by Gasteiger charge is -2.10. The van der Waals surface area contributed by atoms with Gasteiger partial charge >= 0.3 is 5.97 Å². The summed E-state index contributed by atoms with van der Waals surface area (Å²) in [5.41, 5.74) is -0.420. The van der Waals surface area contributed by atoms with Crippen molar-refractivity contribution in [3.8, 4) is 5.75 Å². The van der Waals surface area contributed by atoms with Crippen LogP contribution in [0.15, 0.2) is 30.3 Å². The molecule has 2 aromatic carbocycles. The SMILES string of the molecule is Cc1cc(NC(=O)c2ccc(Cl)c([N+](=O)[O-])c2)cc(C(=O)O)c1O. The maximum Gasteiger partial charge on any atom is 0.339 e. The molecule has 0 atom stereocenters. The lowest BCUT2D eigenvalue weighted by Crippen LogP contribution is -2.13. The predicted molar refractivity (Wildman–Crippen MR) is 85.9 cm³/mol. The molecular formula is C15H11ClN2O6. The van der Waals surface area contributed by atoms with E-state index in [4.69, 9.17) is 16.7 Å². The summed E-state index contributed by atoms with van der Waals surface area (Å²) in [6.07, 6.45) is 0. The maximum absolute atomic E-state index is 12.2. The molecular weight excluding hydrogens is 340 g/mol. The Morgan fingerprint density at radius 1 is 1.25 bits per heavy atom. The molecule has 0 aliphatic rings. The molecule has 0 heterocycles. The van der Waals surface area contributed by atoms with Crippen molar-refractivity contribution in [3.63, 3.8) is 0 Å². The first-order chi connectivity index (χ1) is 11.2. The van der Waals surface area contributed by atoms with E-state index in [1.165, 1.54) is 25.1 Å². The highest BCUT2D eigenvalue weighted by Gasteiger charge is 2.18. The molecule has 0 aromatic heterocycles. The van der Waals surface area contributed by atoms with Gasteiger partial charge in [0.25, 0.3) is 11.6 Å². The second-order valence-corrected chi connectivity index (χ2v) is 5.28. The van der Waals surface area contributed by atoms with E-state index in [9.17, 15) is 24.8 Å². The van der Waals surface area contributed by atoms with Crippen LogP contribution in [0.4, 0.5) is 11.4 Å². The van der Waals surface area contributed by atoms with E-state index in [0.29, 0.717) is 0 Å². The van der Waals surface area contributed by atoms with Gasteiger partial charge in [0, 0.05) is 17.3 Å². The highest BCUT2D eigenvalue weighted by molar-refractivity contribution is 6.32. The molecule has 0 saturated carbocycles. The third-order valence-electron chi connectivity index (χ3n) is 3.19. The van der Waals surface area contributed by atoms with Crippen LogP contribution in [0.2, 0.25) is 5.02 Å². The van der Waals surface area contributed by atoms with Crippen LogP contribution in [0.25, 0.3) is 0 Å². The Morgan fingerprint density at radius 2 is 1.92 bits per heavy atom. The summed E-state index contributed by atoms with van der Waals surface area (Å²) in [5, 5.41) is 31.9. The lowest BCUT2D eigenvalue weighted by atomic mass is 10.1. The van der Waals surface area contributed by atoms with Crippen molar-refractivity contribution in [2.45, 2.75) is 6.92 Å². The van der Waals surface area contributed by atoms with Gasteiger partial charge in [-0.15, -0.1) is 0 Å². The lowest BCUT2D eigenvalue weighted by molar-refractivity contribution is -0.384. The molecule has 9 heteroatoms. The van der Waals surface area contributed by atoms with E-state index in [2.05, 4.69) is 5.32 Å². The topological polar surface area (TPSA) is 130 Å². The molecule has 0 saturated heterocycles. The van der Waals surface area contributed by atoms with Crippen LogP contribution in [0, 0.1) is 17.0 Å². The van der Waals surface area contributed by atoms with Crippen molar-refractivity contribution in [3.05, 3.63) is 62.2 Å². The Balaban J connectivity index is 2.35. The third-order valence-corrected chi connectivity index (χ3v) is 3.51. The third kappa shape index (κ3) is 3.44. The minimum atomic E-state index is -1.35. The molecule has 3 N–H and O–H groups in total. The predicted octanol–water partition coefficient (Wildman–Crippen LogP) is 3.21. The Hall–Kier alpha value is -3.13. The van der Waals surface area contributed by atoms with E-state index in [-0.39, 0.29) is 27.4 Å². The standard InChI is InChI=1S/C15H11ClN2O6/c1-7-4-9(6-10(13(7)19)15(21)22)17-14(20)8-2-3-11(16)12(5-8)18(23)24/h2-6,19H,1H3,(H,17,20)(H,21,22). The molecule has 24 heavy (non-hydrogen) atoms. The van der Waals surface area contributed by atoms with Crippen LogP contribution in [0.5, 0.6) is 5.75 Å². The molecule has 0 unspecified atom stereocenters. The van der Waals surface area contributed by atoms with Crippen molar-refractivity contribution in [1.29, 1.82) is 0 Å². The number of hydrogen-bond acceptors (Lipinski definition) is 5. The number of carboxylic acid groups (broad SMARTS) is 1. The first-order valence-electron chi connectivity index (χ1n) is 6.53. The number of benzene rings is 2. The normalized spacial score (nSPS) is 10.2. The zero-order valence-corrected chi connectivity index (χ0v) is 13.0. The summed E-state index contributed by atoms with van der Waals surface area (Å²) in [6, 6.07) is 6.01. The first-order valence-corrected chi connectivity index (χ1v) is 6.90. The molecule has 2 rings (SSSR count). The number of hydrogen-bond donors (Lipinski definition) is 3. The van der Waals surface area contributed by atoms with Crippen molar-refractivity contribution in [1.82, 2.24) is 0 Å². The van der Waals surface area contributed by atoms with E-state index < -0.39 is 28.2 Å². The van der Waals surface area contributed by atoms with Gasteiger partial charge in [-0.2, -0.15) is 0 Å². The van der Waals surface area contributed by atoms with Crippen LogP contribution in [0.1, 0.15) is 26.3 Å². The molecule has 2 aromatic rings. The number of anilines is 1. The summed E-state index contributed by atoms with van der Waals surface area (Å²) in [5.74, 6) is -2.44. The summed E-state index contributed by atoms with van der Waals surface area (Å²) in [7, 11) is 0. The number of rotatable bonds is 4. The fourth-order valence-electron chi connectivity index (χ4n) is 2.01. The van der Waals surface area contributed by atoms with Crippen molar-refractivity contribution in [2.75, 3.05) is 5.32 Å². The van der Waals surface area contributed by atoms with Crippen molar-refractivity contribution in [2.24, 2.45) is 0 Å². The van der Waals surface area contributed by atoms with Crippen molar-refractivity contribution >= 4 is 34.9 Å². The number of nitrogens with zero attached hydrogens (tertiary/aromatic N) is 1. The molecule has 0 radical (unpaired) electrons. The number of carboxylic acids is 1. The Morgan fingerprint density at radius 3 is 2.50 bits per heavy atom. The number of carbonyl (C=O) groups is 2. The smallest absolute Gasteiger partial charge is 0.339 e. The van der Waals surface area contributed by atoms with Crippen molar-refractivity contribution < 1.29 is 24.7 Å². The Bertz CT molecular complexity index is 865. The summed E-state index contributed by atoms with van der Waals surface area (Å²) < 4.78 is 0. The largest absolute Gasteiger partial charge is 0.507 e. The number of nitro benzene ring substituents is 1. The number of aryl methyl sites for hydroxylation is 1. The zero-order valence-electron chi connectivity index (χ0n) is 12.2. The molecule has 124 valence electrons. The number of aromatic hydroxyl groups is 1. The number of halogens is 1. The number of aromatic carboxylic acids is 1. The summed E-state index contributed by atoms with van der Waals surface area (Å²) >= 11 is 5.68. The van der Waals surface area contributed by atoms with E-state index in [1.54, 1.807) is 0 Å². The monoisotopic (exact) mass is 350 g/mol. The fraction of sp³-hybridized carbons (Fsp3) is 0.0667. The van der Waals surface area contributed by atoms with Gasteiger partial charge in [0.1, 0.15) is 16.3 Å². The summed E-state index contributed by atoms with van der Waals surface area (Å²) in [6.45, 7) is 1.48. The number of amides is 1. The van der Waals surface area contributed by atoms with Crippen LogP contribution in [-0.4, -0.2) is 27.0 Å². The van der Waals surface area contributed by atoms with Gasteiger partial charge in [-0.1, -0.05) is 11.6 Å². The maximum atomic E-state index is 12.2. The Labute approximate surface area is 140 Å². The minimum Gasteiger partial charge on any atom is -0.507 e. The average molecular weight is 351 g/mol. The number of nitro groups is 1. The summed E-state index contributed by atoms with van der Waals surface area (Å²) in [4.78, 5) is 33.4. The van der Waals surface area contributed by atoms with Crippen LogP contribution in [-0.2, 0) is 0 Å². The molecule has 0 aliphatic heterocycles. The minimum absolute atomic E-state index is 0.0197. The van der Waals surface area contributed by atoms with Gasteiger partial charge in [-0.3, -0.25) is 14.9 Å². The second kappa shape index (κ2) is 6.55. The first kappa shape index (κ1) is 17.2. The number of phenols is 1. The molecule has 8 nitrogen and oxygen atoms in total. The van der Waals surface area contributed by atoms with E-state index in [1.807, 2.05) is 0 Å². The van der Waals surface area contributed by atoms with Gasteiger partial charge in [0.05, 0.1) is 4.92 Å². The average Bonchev–Trinajstić information content (AvgIpc) is 2.50. The van der Waals surface area contributed by atoms with E-state index in [0.717, 1.165) is 12.1 Å². The van der Waals surface area contributed by atoms with Gasteiger partial charge in [-0.25, -0.2) is 4.79 Å². The van der Waals surface area contributed by atoms with E-state index >= 15 is 0 Å². The zero-order chi connectivity index (χ0) is 18.0. The molecule has 0 spiro atoms. The number of nitrogens with one attached hydrogen (secondary N) is 1. The molecule has 0 fully saturated rings. The highest BCUT2D eigenvalue weighted by atomic mass is 35.5. The fourth-order valence-corrected chi connectivity index (χ4v) is 2.20.